The standard InChI is InChI=1S/C21H33Br3O/c1-19-12-13(23)11-18(24)17(19)4-3-14-15(19)5-7-20(2)16(14)6-8-21(20,25)9-10-22/h13-18,25H,3-12H2,1-2H3/t13-,14+,15-,16-,17?,18-,19+,20-,21-/m0/s1. The van der Waals surface area contributed by atoms with E-state index in [1.807, 2.05) is 0 Å². The van der Waals surface area contributed by atoms with Crippen molar-refractivity contribution >= 4 is 47.8 Å². The Bertz CT molecular complexity index is 527. The average Bonchev–Trinajstić information content (AvgIpc) is 2.78. The maximum Gasteiger partial charge on any atom is 0.0711 e. The Morgan fingerprint density at radius 1 is 0.960 bits per heavy atom. The van der Waals surface area contributed by atoms with Gasteiger partial charge in [0.25, 0.3) is 0 Å². The minimum Gasteiger partial charge on any atom is -0.389 e. The molecule has 0 aromatic carbocycles. The summed E-state index contributed by atoms with van der Waals surface area (Å²) in [4.78, 5) is 1.35. The second-order valence-electron chi connectivity index (χ2n) is 10.1. The molecular weight excluding hydrogens is 508 g/mol. The number of alkyl halides is 3. The highest BCUT2D eigenvalue weighted by Gasteiger charge is 2.64. The van der Waals surface area contributed by atoms with Crippen molar-refractivity contribution in [3.05, 3.63) is 0 Å². The molecule has 4 saturated carbocycles. The first-order chi connectivity index (χ1) is 11.7. The minimum atomic E-state index is -0.438. The van der Waals surface area contributed by atoms with Crippen LogP contribution in [0.4, 0.5) is 0 Å². The molecule has 0 bridgehead atoms. The fourth-order valence-corrected chi connectivity index (χ4v) is 11.6. The lowest BCUT2D eigenvalue weighted by atomic mass is 9.44. The fraction of sp³-hybridized carbons (Fsp3) is 1.00. The second kappa shape index (κ2) is 6.73. The second-order valence-corrected chi connectivity index (χ2v) is 13.3. The highest BCUT2D eigenvalue weighted by atomic mass is 79.9. The van der Waals surface area contributed by atoms with Crippen LogP contribution in [0.3, 0.4) is 0 Å². The molecule has 0 aliphatic heterocycles. The summed E-state index contributed by atoms with van der Waals surface area (Å²) in [6.45, 7) is 5.04. The Hall–Kier alpha value is 1.40. The van der Waals surface area contributed by atoms with Crippen LogP contribution in [-0.4, -0.2) is 25.7 Å². The maximum absolute atomic E-state index is 11.5. The molecule has 0 spiro atoms. The van der Waals surface area contributed by atoms with Gasteiger partial charge in [0, 0.05) is 15.0 Å². The molecule has 1 N–H and O–H groups in total. The van der Waals surface area contributed by atoms with E-state index < -0.39 is 5.60 Å². The van der Waals surface area contributed by atoms with E-state index in [2.05, 4.69) is 61.6 Å². The molecule has 9 atom stereocenters. The van der Waals surface area contributed by atoms with Crippen LogP contribution in [0, 0.1) is 34.5 Å². The summed E-state index contributed by atoms with van der Waals surface area (Å²) in [5, 5.41) is 12.4. The van der Waals surface area contributed by atoms with Crippen molar-refractivity contribution in [1.82, 2.24) is 0 Å². The van der Waals surface area contributed by atoms with E-state index in [1.165, 1.54) is 44.9 Å². The van der Waals surface area contributed by atoms with Gasteiger partial charge in [0.15, 0.2) is 0 Å². The quantitative estimate of drug-likeness (QED) is 0.387. The monoisotopic (exact) mass is 538 g/mol. The highest BCUT2D eigenvalue weighted by molar-refractivity contribution is 9.10. The third kappa shape index (κ3) is 2.81. The summed E-state index contributed by atoms with van der Waals surface area (Å²) in [5.41, 5.74) is 0.175. The largest absolute Gasteiger partial charge is 0.389 e. The zero-order chi connectivity index (χ0) is 18.0. The first kappa shape index (κ1) is 19.7. The van der Waals surface area contributed by atoms with Gasteiger partial charge in [0.2, 0.25) is 0 Å². The average molecular weight is 541 g/mol. The lowest BCUT2D eigenvalue weighted by Gasteiger charge is -2.62. The van der Waals surface area contributed by atoms with Crippen LogP contribution in [0.25, 0.3) is 0 Å². The van der Waals surface area contributed by atoms with E-state index in [0.717, 1.165) is 41.8 Å². The first-order valence-electron chi connectivity index (χ1n) is 10.3. The highest BCUT2D eigenvalue weighted by Crippen LogP contribution is 2.69. The molecule has 0 radical (unpaired) electrons. The minimum absolute atomic E-state index is 0.140. The van der Waals surface area contributed by atoms with Gasteiger partial charge in [-0.05, 0) is 92.3 Å². The molecule has 0 saturated heterocycles. The lowest BCUT2D eigenvalue weighted by Crippen LogP contribution is -2.58. The number of rotatable bonds is 2. The number of hydrogen-bond acceptors (Lipinski definition) is 1. The topological polar surface area (TPSA) is 20.2 Å². The fourth-order valence-electron chi connectivity index (χ4n) is 8.03. The molecule has 4 fully saturated rings. The Kier molecular flexibility index (Phi) is 5.31. The summed E-state index contributed by atoms with van der Waals surface area (Å²) < 4.78 is 0. The Labute approximate surface area is 178 Å². The maximum atomic E-state index is 11.5. The van der Waals surface area contributed by atoms with Gasteiger partial charge in [-0.25, -0.2) is 0 Å². The van der Waals surface area contributed by atoms with E-state index in [9.17, 15) is 5.11 Å². The Balaban J connectivity index is 1.64. The summed E-state index contributed by atoms with van der Waals surface area (Å²) in [6.07, 6.45) is 11.1. The van der Waals surface area contributed by atoms with Crippen LogP contribution < -0.4 is 0 Å². The van der Waals surface area contributed by atoms with E-state index in [0.29, 0.717) is 15.1 Å². The molecule has 0 aromatic heterocycles. The number of aliphatic hydroxyl groups is 1. The molecule has 25 heavy (non-hydrogen) atoms. The molecule has 4 aliphatic rings. The van der Waals surface area contributed by atoms with Crippen LogP contribution in [-0.2, 0) is 0 Å². The summed E-state index contributed by atoms with van der Waals surface area (Å²) in [7, 11) is 0. The van der Waals surface area contributed by atoms with Gasteiger partial charge in [-0.15, -0.1) is 0 Å². The van der Waals surface area contributed by atoms with Gasteiger partial charge >= 0.3 is 0 Å². The molecular formula is C21H33Br3O. The van der Waals surface area contributed by atoms with Gasteiger partial charge in [0.05, 0.1) is 5.60 Å². The number of halogens is 3. The van der Waals surface area contributed by atoms with Gasteiger partial charge in [-0.1, -0.05) is 61.6 Å². The van der Waals surface area contributed by atoms with Crippen LogP contribution in [0.2, 0.25) is 0 Å². The van der Waals surface area contributed by atoms with Gasteiger partial charge < -0.3 is 5.11 Å². The summed E-state index contributed by atoms with van der Waals surface area (Å²) in [6, 6.07) is 0. The van der Waals surface area contributed by atoms with Crippen molar-refractivity contribution in [2.75, 3.05) is 5.33 Å². The van der Waals surface area contributed by atoms with Crippen LogP contribution >= 0.6 is 47.8 Å². The third-order valence-corrected chi connectivity index (χ3v) is 11.5. The zero-order valence-corrected chi connectivity index (χ0v) is 20.4. The van der Waals surface area contributed by atoms with E-state index in [-0.39, 0.29) is 5.41 Å². The van der Waals surface area contributed by atoms with Crippen LogP contribution in [0.15, 0.2) is 0 Å². The van der Waals surface area contributed by atoms with Crippen LogP contribution in [0.5, 0.6) is 0 Å². The molecule has 1 unspecified atom stereocenters. The summed E-state index contributed by atoms with van der Waals surface area (Å²) in [5.74, 6) is 3.27. The number of fused-ring (bicyclic) bond motifs is 5. The molecule has 0 aromatic rings. The molecule has 0 amide bonds. The van der Waals surface area contributed by atoms with Gasteiger partial charge in [0.1, 0.15) is 0 Å². The molecule has 4 aliphatic carbocycles. The predicted molar refractivity (Wildman–Crippen MR) is 116 cm³/mol. The van der Waals surface area contributed by atoms with Crippen LogP contribution in [0.1, 0.15) is 71.6 Å². The van der Waals surface area contributed by atoms with Crippen molar-refractivity contribution in [3.8, 4) is 0 Å². The molecule has 0 heterocycles. The van der Waals surface area contributed by atoms with Gasteiger partial charge in [-0.3, -0.25) is 0 Å². The predicted octanol–water partition coefficient (Wildman–Crippen LogP) is 6.68. The van der Waals surface area contributed by atoms with Crippen molar-refractivity contribution in [2.24, 2.45) is 34.5 Å². The Morgan fingerprint density at radius 3 is 2.40 bits per heavy atom. The van der Waals surface area contributed by atoms with Crippen molar-refractivity contribution in [1.29, 1.82) is 0 Å². The van der Waals surface area contributed by atoms with E-state index in [1.54, 1.807) is 0 Å². The van der Waals surface area contributed by atoms with Crippen molar-refractivity contribution < 1.29 is 5.11 Å². The SMILES string of the molecule is C[C@]12C[C@@H](Br)C[C@H](Br)C1CC[C@@H]1[C@@H]2CC[C@@]2(C)[C@H]1CC[C@]2(O)CCBr. The smallest absolute Gasteiger partial charge is 0.0711 e. The first-order valence-corrected chi connectivity index (χ1v) is 13.3. The Morgan fingerprint density at radius 2 is 1.68 bits per heavy atom. The van der Waals surface area contributed by atoms with Crippen molar-refractivity contribution in [3.63, 3.8) is 0 Å². The van der Waals surface area contributed by atoms with Gasteiger partial charge in [-0.2, -0.15) is 0 Å². The van der Waals surface area contributed by atoms with E-state index >= 15 is 0 Å². The number of hydrogen-bond donors (Lipinski definition) is 1. The lowest BCUT2D eigenvalue weighted by molar-refractivity contribution is -0.149. The molecule has 4 heteroatoms. The molecule has 1 nitrogen and oxygen atoms in total. The van der Waals surface area contributed by atoms with Crippen molar-refractivity contribution in [2.45, 2.75) is 86.9 Å². The third-order valence-electron chi connectivity index (χ3n) is 9.35. The zero-order valence-electron chi connectivity index (χ0n) is 15.6. The molecule has 144 valence electrons. The summed E-state index contributed by atoms with van der Waals surface area (Å²) >= 11 is 11.6. The molecule has 4 rings (SSSR count). The van der Waals surface area contributed by atoms with E-state index in [4.69, 9.17) is 0 Å². The normalized spacial score (nSPS) is 58.3.